The Morgan fingerprint density at radius 1 is 1.55 bits per heavy atom. The predicted molar refractivity (Wildman–Crippen MR) is 40.4 cm³/mol. The molecule has 0 aromatic rings. The summed E-state index contributed by atoms with van der Waals surface area (Å²) in [6.45, 7) is 2.30. The summed E-state index contributed by atoms with van der Waals surface area (Å²) in [5, 5.41) is 0. The molecule has 0 N–H and O–H groups in total. The number of carbonyl (C=O) groups excluding carboxylic acids is 1. The average molecular weight is 155 g/mol. The highest BCUT2D eigenvalue weighted by Gasteiger charge is 2.39. The largest absolute Gasteiger partial charge is 0.379 e. The molecule has 0 aromatic heterocycles. The van der Waals surface area contributed by atoms with Gasteiger partial charge in [0.25, 0.3) is 0 Å². The zero-order valence-electron chi connectivity index (χ0n) is 6.75. The number of carbonyl (C=O) groups is 1. The fraction of sp³-hybridized carbons (Fsp3) is 0.875. The van der Waals surface area contributed by atoms with Crippen LogP contribution in [-0.2, 0) is 9.53 Å². The molecule has 0 spiro atoms. The molecule has 0 aromatic carbocycles. The first kappa shape index (κ1) is 7.25. The van der Waals surface area contributed by atoms with Crippen molar-refractivity contribution in [2.24, 2.45) is 5.92 Å². The van der Waals surface area contributed by atoms with Crippen molar-refractivity contribution in [1.29, 1.82) is 0 Å². The van der Waals surface area contributed by atoms with E-state index in [0.29, 0.717) is 24.9 Å². The SMILES string of the molecule is CN1CCC(=O)C2COCC21. The van der Waals surface area contributed by atoms with Gasteiger partial charge in [0, 0.05) is 19.0 Å². The molecule has 11 heavy (non-hydrogen) atoms. The molecular formula is C8H13NO2. The van der Waals surface area contributed by atoms with E-state index in [0.717, 1.165) is 13.2 Å². The molecule has 0 radical (unpaired) electrons. The third-order valence-electron chi connectivity index (χ3n) is 2.74. The molecule has 2 fully saturated rings. The predicted octanol–water partition coefficient (Wildman–Crippen LogP) is -0.0940. The molecule has 3 nitrogen and oxygen atoms in total. The van der Waals surface area contributed by atoms with Crippen molar-refractivity contribution >= 4 is 5.78 Å². The fourth-order valence-electron chi connectivity index (χ4n) is 1.92. The minimum Gasteiger partial charge on any atom is -0.379 e. The number of likely N-dealkylation sites (tertiary alicyclic amines) is 1. The first-order valence-electron chi connectivity index (χ1n) is 4.10. The average Bonchev–Trinajstić information content (AvgIpc) is 2.45. The van der Waals surface area contributed by atoms with E-state index >= 15 is 0 Å². The molecule has 2 aliphatic heterocycles. The topological polar surface area (TPSA) is 29.5 Å². The third-order valence-corrected chi connectivity index (χ3v) is 2.74. The van der Waals surface area contributed by atoms with Crippen LogP contribution in [0.1, 0.15) is 6.42 Å². The van der Waals surface area contributed by atoms with E-state index in [9.17, 15) is 4.79 Å². The Bertz CT molecular complexity index is 181. The van der Waals surface area contributed by atoms with Crippen LogP contribution < -0.4 is 0 Å². The zero-order chi connectivity index (χ0) is 7.84. The van der Waals surface area contributed by atoms with E-state index in [1.165, 1.54) is 0 Å². The first-order chi connectivity index (χ1) is 5.29. The van der Waals surface area contributed by atoms with Gasteiger partial charge in [0.1, 0.15) is 5.78 Å². The molecule has 0 bridgehead atoms. The second-order valence-electron chi connectivity index (χ2n) is 3.41. The molecule has 2 unspecified atom stereocenters. The lowest BCUT2D eigenvalue weighted by Gasteiger charge is -2.31. The Kier molecular flexibility index (Phi) is 1.69. The number of ketones is 1. The van der Waals surface area contributed by atoms with Gasteiger partial charge < -0.3 is 4.74 Å². The van der Waals surface area contributed by atoms with E-state index in [1.54, 1.807) is 0 Å². The monoisotopic (exact) mass is 155 g/mol. The maximum absolute atomic E-state index is 11.3. The Morgan fingerprint density at radius 3 is 3.09 bits per heavy atom. The minimum absolute atomic E-state index is 0.175. The van der Waals surface area contributed by atoms with Gasteiger partial charge in [-0.3, -0.25) is 9.69 Å². The first-order valence-corrected chi connectivity index (χ1v) is 4.10. The molecule has 0 amide bonds. The van der Waals surface area contributed by atoms with E-state index < -0.39 is 0 Å². The summed E-state index contributed by atoms with van der Waals surface area (Å²) in [7, 11) is 2.07. The van der Waals surface area contributed by atoms with Crippen LogP contribution in [0.4, 0.5) is 0 Å². The smallest absolute Gasteiger partial charge is 0.141 e. The summed E-state index contributed by atoms with van der Waals surface area (Å²) >= 11 is 0. The van der Waals surface area contributed by atoms with Crippen molar-refractivity contribution in [2.45, 2.75) is 12.5 Å². The number of rotatable bonds is 0. The number of piperidine rings is 1. The normalized spacial score (nSPS) is 39.2. The van der Waals surface area contributed by atoms with Crippen LogP contribution in [0.5, 0.6) is 0 Å². The van der Waals surface area contributed by atoms with E-state index in [1.807, 2.05) is 0 Å². The Morgan fingerprint density at radius 2 is 2.36 bits per heavy atom. The van der Waals surface area contributed by atoms with Gasteiger partial charge in [-0.2, -0.15) is 0 Å². The highest BCUT2D eigenvalue weighted by molar-refractivity contribution is 5.83. The summed E-state index contributed by atoms with van der Waals surface area (Å²) < 4.78 is 5.27. The van der Waals surface area contributed by atoms with Crippen molar-refractivity contribution in [3.05, 3.63) is 0 Å². The number of fused-ring (bicyclic) bond motifs is 1. The van der Waals surface area contributed by atoms with Crippen LogP contribution in [0.3, 0.4) is 0 Å². The molecule has 3 heteroatoms. The van der Waals surface area contributed by atoms with Crippen molar-refractivity contribution in [1.82, 2.24) is 4.90 Å². The molecule has 0 aliphatic carbocycles. The van der Waals surface area contributed by atoms with Crippen LogP contribution >= 0.6 is 0 Å². The van der Waals surface area contributed by atoms with E-state index in [4.69, 9.17) is 4.74 Å². The standard InChI is InChI=1S/C8H13NO2/c1-9-3-2-8(10)6-4-11-5-7(6)9/h6-7H,2-5H2,1H3. The molecule has 2 heterocycles. The summed E-state index contributed by atoms with van der Waals surface area (Å²) in [6, 6.07) is 0.372. The van der Waals surface area contributed by atoms with Crippen LogP contribution in [0.25, 0.3) is 0 Å². The molecule has 2 rings (SSSR count). The van der Waals surface area contributed by atoms with Gasteiger partial charge >= 0.3 is 0 Å². The van der Waals surface area contributed by atoms with Gasteiger partial charge in [-0.25, -0.2) is 0 Å². The fourth-order valence-corrected chi connectivity index (χ4v) is 1.92. The third kappa shape index (κ3) is 1.08. The van der Waals surface area contributed by atoms with Crippen LogP contribution in [0.2, 0.25) is 0 Å². The number of ether oxygens (including phenoxy) is 1. The van der Waals surface area contributed by atoms with Gasteiger partial charge in [-0.1, -0.05) is 0 Å². The van der Waals surface area contributed by atoms with E-state index in [-0.39, 0.29) is 5.92 Å². The number of hydrogen-bond acceptors (Lipinski definition) is 3. The van der Waals surface area contributed by atoms with Gasteiger partial charge in [0.2, 0.25) is 0 Å². The summed E-state index contributed by atoms with van der Waals surface area (Å²) in [4.78, 5) is 13.5. The van der Waals surface area contributed by atoms with Gasteiger partial charge in [-0.15, -0.1) is 0 Å². The lowest BCUT2D eigenvalue weighted by molar-refractivity contribution is -0.126. The maximum atomic E-state index is 11.3. The van der Waals surface area contributed by atoms with Crippen molar-refractivity contribution in [2.75, 3.05) is 26.8 Å². The number of hydrogen-bond donors (Lipinski definition) is 0. The molecule has 2 atom stereocenters. The van der Waals surface area contributed by atoms with Gasteiger partial charge in [-0.05, 0) is 7.05 Å². The minimum atomic E-state index is 0.175. The highest BCUT2D eigenvalue weighted by atomic mass is 16.5. The molecule has 62 valence electrons. The lowest BCUT2D eigenvalue weighted by atomic mass is 9.91. The summed E-state index contributed by atoms with van der Waals surface area (Å²) in [6.07, 6.45) is 0.709. The van der Waals surface area contributed by atoms with E-state index in [2.05, 4.69) is 11.9 Å². The van der Waals surface area contributed by atoms with Crippen molar-refractivity contribution < 1.29 is 9.53 Å². The molecule has 2 aliphatic rings. The Labute approximate surface area is 66.3 Å². The second kappa shape index (κ2) is 2.57. The van der Waals surface area contributed by atoms with Gasteiger partial charge in [0.05, 0.1) is 19.1 Å². The molecular weight excluding hydrogens is 142 g/mol. The molecule has 2 saturated heterocycles. The van der Waals surface area contributed by atoms with Crippen LogP contribution in [-0.4, -0.2) is 43.5 Å². The quantitative estimate of drug-likeness (QED) is 0.489. The Hall–Kier alpha value is -0.410. The Balaban J connectivity index is 2.14. The maximum Gasteiger partial charge on any atom is 0.141 e. The number of Topliss-reactive ketones (excluding diaryl/α,β-unsaturated/α-hetero) is 1. The number of nitrogens with zero attached hydrogens (tertiary/aromatic N) is 1. The van der Waals surface area contributed by atoms with Crippen molar-refractivity contribution in [3.63, 3.8) is 0 Å². The summed E-state index contributed by atoms with van der Waals surface area (Å²) in [5.41, 5.74) is 0. The highest BCUT2D eigenvalue weighted by Crippen LogP contribution is 2.24. The lowest BCUT2D eigenvalue weighted by Crippen LogP contribution is -2.46. The van der Waals surface area contributed by atoms with Crippen molar-refractivity contribution in [3.8, 4) is 0 Å². The van der Waals surface area contributed by atoms with Crippen LogP contribution in [0, 0.1) is 5.92 Å². The van der Waals surface area contributed by atoms with Gasteiger partial charge in [0.15, 0.2) is 0 Å². The number of likely N-dealkylation sites (N-methyl/N-ethyl adjacent to an activating group) is 1. The summed E-state index contributed by atoms with van der Waals surface area (Å²) in [5.74, 6) is 0.569. The zero-order valence-corrected chi connectivity index (χ0v) is 6.75. The molecule has 0 saturated carbocycles. The second-order valence-corrected chi connectivity index (χ2v) is 3.41. The van der Waals surface area contributed by atoms with Crippen LogP contribution in [0.15, 0.2) is 0 Å².